The topological polar surface area (TPSA) is 119 Å². The standard InChI is InChI=1S/C16H25N3O4/c17-9-10-18-16(23)13(12-5-2-1-3-6-12)11-19-14(20)7-4-8-15(21)22/h12-13H,1-8,10-11H2,(H,18,23)(H,19,20)(H,21,22). The number of hydrogen-bond acceptors (Lipinski definition) is 4. The lowest BCUT2D eigenvalue weighted by Crippen LogP contribution is -2.43. The zero-order valence-electron chi connectivity index (χ0n) is 13.3. The third kappa shape index (κ3) is 7.63. The van der Waals surface area contributed by atoms with Crippen LogP contribution in [0, 0.1) is 23.2 Å². The van der Waals surface area contributed by atoms with Crippen molar-refractivity contribution >= 4 is 17.8 Å². The largest absolute Gasteiger partial charge is 0.481 e. The fourth-order valence-electron chi connectivity index (χ4n) is 2.98. The van der Waals surface area contributed by atoms with Gasteiger partial charge in [-0.1, -0.05) is 19.3 Å². The summed E-state index contributed by atoms with van der Waals surface area (Å²) in [6.07, 6.45) is 5.64. The molecule has 128 valence electrons. The SMILES string of the molecule is N#CCNC(=O)C(CNC(=O)CCCC(=O)O)C1CCCCC1. The molecule has 1 aliphatic carbocycles. The predicted molar refractivity (Wildman–Crippen MR) is 83.2 cm³/mol. The molecule has 0 aromatic rings. The Hall–Kier alpha value is -2.10. The molecule has 0 heterocycles. The van der Waals surface area contributed by atoms with E-state index in [-0.39, 0.29) is 56.0 Å². The molecule has 0 aromatic heterocycles. The molecule has 0 bridgehead atoms. The number of amides is 2. The van der Waals surface area contributed by atoms with Gasteiger partial charge in [-0.25, -0.2) is 0 Å². The van der Waals surface area contributed by atoms with Crippen molar-refractivity contribution in [3.05, 3.63) is 0 Å². The quantitative estimate of drug-likeness (QED) is 0.551. The summed E-state index contributed by atoms with van der Waals surface area (Å²) < 4.78 is 0. The van der Waals surface area contributed by atoms with Crippen LogP contribution in [0.2, 0.25) is 0 Å². The van der Waals surface area contributed by atoms with E-state index in [0.29, 0.717) is 0 Å². The molecule has 1 rings (SSSR count). The van der Waals surface area contributed by atoms with Crippen molar-refractivity contribution in [3.63, 3.8) is 0 Å². The summed E-state index contributed by atoms with van der Waals surface area (Å²) in [4.78, 5) is 34.4. The number of carbonyl (C=O) groups is 3. The van der Waals surface area contributed by atoms with Gasteiger partial charge in [-0.2, -0.15) is 5.26 Å². The lowest BCUT2D eigenvalue weighted by Gasteiger charge is -2.29. The van der Waals surface area contributed by atoms with E-state index in [0.717, 1.165) is 25.7 Å². The van der Waals surface area contributed by atoms with Crippen LogP contribution in [0.3, 0.4) is 0 Å². The Balaban J connectivity index is 2.48. The van der Waals surface area contributed by atoms with Crippen LogP contribution < -0.4 is 10.6 Å². The molecule has 0 radical (unpaired) electrons. The van der Waals surface area contributed by atoms with Crippen molar-refractivity contribution in [1.82, 2.24) is 10.6 Å². The van der Waals surface area contributed by atoms with Crippen LogP contribution in [0.1, 0.15) is 51.4 Å². The summed E-state index contributed by atoms with van der Waals surface area (Å²) in [5.41, 5.74) is 0. The number of carboxylic acid groups (broad SMARTS) is 1. The molecule has 0 saturated heterocycles. The van der Waals surface area contributed by atoms with Gasteiger partial charge in [0.1, 0.15) is 6.54 Å². The van der Waals surface area contributed by atoms with Crippen molar-refractivity contribution in [2.75, 3.05) is 13.1 Å². The monoisotopic (exact) mass is 323 g/mol. The number of nitrogens with one attached hydrogen (secondary N) is 2. The molecule has 1 atom stereocenters. The van der Waals surface area contributed by atoms with Crippen molar-refractivity contribution in [2.24, 2.45) is 11.8 Å². The highest BCUT2D eigenvalue weighted by molar-refractivity contribution is 5.81. The average molecular weight is 323 g/mol. The second-order valence-corrected chi connectivity index (χ2v) is 5.93. The van der Waals surface area contributed by atoms with Crippen LogP contribution in [0.25, 0.3) is 0 Å². The third-order valence-corrected chi connectivity index (χ3v) is 4.21. The number of carboxylic acids is 1. The van der Waals surface area contributed by atoms with Crippen LogP contribution in [-0.2, 0) is 14.4 Å². The molecule has 1 fully saturated rings. The van der Waals surface area contributed by atoms with Gasteiger partial charge in [-0.05, 0) is 25.2 Å². The predicted octanol–water partition coefficient (Wildman–Crippen LogP) is 1.19. The summed E-state index contributed by atoms with van der Waals surface area (Å²) in [7, 11) is 0. The smallest absolute Gasteiger partial charge is 0.303 e. The summed E-state index contributed by atoms with van der Waals surface area (Å²) in [5.74, 6) is -1.45. The first kappa shape index (κ1) is 18.9. The maximum Gasteiger partial charge on any atom is 0.303 e. The minimum absolute atomic E-state index is 0.0331. The summed E-state index contributed by atoms with van der Waals surface area (Å²) >= 11 is 0. The maximum absolute atomic E-state index is 12.2. The first-order chi connectivity index (χ1) is 11.0. The van der Waals surface area contributed by atoms with E-state index in [2.05, 4.69) is 10.6 Å². The Morgan fingerprint density at radius 1 is 1.13 bits per heavy atom. The maximum atomic E-state index is 12.2. The number of rotatable bonds is 9. The van der Waals surface area contributed by atoms with Crippen LogP contribution >= 0.6 is 0 Å². The minimum atomic E-state index is -0.922. The molecule has 3 N–H and O–H groups in total. The average Bonchev–Trinajstić information content (AvgIpc) is 2.53. The van der Waals surface area contributed by atoms with Gasteiger partial charge in [0.2, 0.25) is 11.8 Å². The van der Waals surface area contributed by atoms with E-state index < -0.39 is 5.97 Å². The van der Waals surface area contributed by atoms with E-state index in [9.17, 15) is 14.4 Å². The highest BCUT2D eigenvalue weighted by Gasteiger charge is 2.29. The van der Waals surface area contributed by atoms with Crippen molar-refractivity contribution < 1.29 is 19.5 Å². The van der Waals surface area contributed by atoms with E-state index in [1.54, 1.807) is 0 Å². The molecule has 1 aliphatic rings. The third-order valence-electron chi connectivity index (χ3n) is 4.21. The van der Waals surface area contributed by atoms with Crippen molar-refractivity contribution in [3.8, 4) is 6.07 Å². The second kappa shape index (κ2) is 10.6. The number of carbonyl (C=O) groups excluding carboxylic acids is 2. The molecule has 0 aliphatic heterocycles. The molecule has 1 saturated carbocycles. The van der Waals surface area contributed by atoms with Crippen molar-refractivity contribution in [2.45, 2.75) is 51.4 Å². The van der Waals surface area contributed by atoms with Gasteiger partial charge < -0.3 is 15.7 Å². The van der Waals surface area contributed by atoms with Gasteiger partial charge in [0.25, 0.3) is 0 Å². The number of aliphatic carboxylic acids is 1. The van der Waals surface area contributed by atoms with Crippen LogP contribution in [-0.4, -0.2) is 36.0 Å². The zero-order chi connectivity index (χ0) is 17.1. The van der Waals surface area contributed by atoms with E-state index in [4.69, 9.17) is 10.4 Å². The molecular formula is C16H25N3O4. The Morgan fingerprint density at radius 3 is 2.43 bits per heavy atom. The van der Waals surface area contributed by atoms with Gasteiger partial charge in [0, 0.05) is 19.4 Å². The second-order valence-electron chi connectivity index (χ2n) is 5.93. The summed E-state index contributed by atoms with van der Waals surface area (Å²) in [6, 6.07) is 1.88. The highest BCUT2D eigenvalue weighted by Crippen LogP contribution is 2.30. The number of nitrogens with zero attached hydrogens (tertiary/aromatic N) is 1. The van der Waals surface area contributed by atoms with Gasteiger partial charge in [0.05, 0.1) is 12.0 Å². The Morgan fingerprint density at radius 2 is 1.83 bits per heavy atom. The van der Waals surface area contributed by atoms with Crippen LogP contribution in [0.15, 0.2) is 0 Å². The van der Waals surface area contributed by atoms with E-state index in [1.165, 1.54) is 6.42 Å². The molecule has 0 aromatic carbocycles. The van der Waals surface area contributed by atoms with Gasteiger partial charge in [0.15, 0.2) is 0 Å². The first-order valence-electron chi connectivity index (χ1n) is 8.17. The Kier molecular flexibility index (Phi) is 8.73. The highest BCUT2D eigenvalue weighted by atomic mass is 16.4. The molecule has 7 heteroatoms. The Labute approximate surface area is 136 Å². The van der Waals surface area contributed by atoms with Crippen molar-refractivity contribution in [1.29, 1.82) is 5.26 Å². The van der Waals surface area contributed by atoms with Crippen LogP contribution in [0.4, 0.5) is 0 Å². The zero-order valence-corrected chi connectivity index (χ0v) is 13.3. The fraction of sp³-hybridized carbons (Fsp3) is 0.750. The van der Waals surface area contributed by atoms with E-state index >= 15 is 0 Å². The van der Waals surface area contributed by atoms with Gasteiger partial charge in [-0.3, -0.25) is 14.4 Å². The summed E-state index contributed by atoms with van der Waals surface area (Å²) in [6.45, 7) is 0.211. The molecule has 2 amide bonds. The first-order valence-corrected chi connectivity index (χ1v) is 8.17. The number of nitriles is 1. The van der Waals surface area contributed by atoms with Gasteiger partial charge >= 0.3 is 5.97 Å². The molecule has 23 heavy (non-hydrogen) atoms. The molecule has 1 unspecified atom stereocenters. The lowest BCUT2D eigenvalue weighted by atomic mass is 9.79. The lowest BCUT2D eigenvalue weighted by molar-refractivity contribution is -0.137. The van der Waals surface area contributed by atoms with Gasteiger partial charge in [-0.15, -0.1) is 0 Å². The molecular weight excluding hydrogens is 298 g/mol. The molecule has 0 spiro atoms. The fourth-order valence-corrected chi connectivity index (χ4v) is 2.98. The molecule has 7 nitrogen and oxygen atoms in total. The Bertz CT molecular complexity index is 453. The van der Waals surface area contributed by atoms with E-state index in [1.807, 2.05) is 6.07 Å². The minimum Gasteiger partial charge on any atom is -0.481 e. The number of hydrogen-bond donors (Lipinski definition) is 3. The summed E-state index contributed by atoms with van der Waals surface area (Å²) in [5, 5.41) is 22.5. The normalized spacial score (nSPS) is 16.1. The van der Waals surface area contributed by atoms with Crippen LogP contribution in [0.5, 0.6) is 0 Å².